The highest BCUT2D eigenvalue weighted by atomic mass is 32.2. The van der Waals surface area contributed by atoms with Crippen molar-refractivity contribution in [1.29, 1.82) is 0 Å². The molecule has 0 aliphatic carbocycles. The molecule has 0 aromatic rings. The normalized spacial score (nSPS) is 17.3. The van der Waals surface area contributed by atoms with E-state index in [4.69, 9.17) is 10.8 Å². The molecule has 0 aromatic carbocycles. The molecule has 0 fully saturated rings. The third-order valence-electron chi connectivity index (χ3n) is 1.76. The Morgan fingerprint density at radius 3 is 2.92 bits per heavy atom. The molecule has 5 heteroatoms. The Morgan fingerprint density at radius 2 is 2.50 bits per heavy atom. The van der Waals surface area contributed by atoms with Gasteiger partial charge >= 0.3 is 0 Å². The maximum atomic E-state index is 10.8. The molecule has 0 aromatic heterocycles. The number of hydrogen-bond donors (Lipinski definition) is 2. The Hall–Kier alpha value is -0.680. The van der Waals surface area contributed by atoms with Gasteiger partial charge in [0.05, 0.1) is 17.4 Å². The lowest BCUT2D eigenvalue weighted by atomic mass is 10.3. The van der Waals surface area contributed by atoms with Crippen molar-refractivity contribution < 1.29 is 9.90 Å². The molecule has 1 rings (SSSR count). The Labute approximate surface area is 75.4 Å². The average Bonchev–Trinajstić information content (AvgIpc) is 2.34. The predicted octanol–water partition coefficient (Wildman–Crippen LogP) is -0.298. The summed E-state index contributed by atoms with van der Waals surface area (Å²) >= 11 is 1.43. The Bertz CT molecular complexity index is 227. The second kappa shape index (κ2) is 3.82. The summed E-state index contributed by atoms with van der Waals surface area (Å²) in [6, 6.07) is 0. The number of carbonyl (C=O) groups excluding carboxylic acids is 1. The molecular formula is C7H12N2O2S. The van der Waals surface area contributed by atoms with Gasteiger partial charge in [0.25, 0.3) is 5.91 Å². The number of hydrogen-bond acceptors (Lipinski definition) is 4. The number of primary amides is 1. The molecule has 1 aliphatic heterocycles. The SMILES string of the molecule is CC1=C(C(N)=O)SCN1CCO. The zero-order valence-corrected chi connectivity index (χ0v) is 7.73. The quantitative estimate of drug-likeness (QED) is 0.638. The van der Waals surface area contributed by atoms with E-state index in [2.05, 4.69) is 0 Å². The van der Waals surface area contributed by atoms with Crippen LogP contribution in [0.2, 0.25) is 0 Å². The van der Waals surface area contributed by atoms with Crippen LogP contribution in [0.25, 0.3) is 0 Å². The van der Waals surface area contributed by atoms with Gasteiger partial charge in [0.2, 0.25) is 0 Å². The maximum Gasteiger partial charge on any atom is 0.256 e. The van der Waals surface area contributed by atoms with Crippen molar-refractivity contribution in [2.75, 3.05) is 19.0 Å². The minimum Gasteiger partial charge on any atom is -0.395 e. The van der Waals surface area contributed by atoms with Gasteiger partial charge < -0.3 is 15.7 Å². The van der Waals surface area contributed by atoms with E-state index in [1.807, 2.05) is 11.8 Å². The average molecular weight is 188 g/mol. The van der Waals surface area contributed by atoms with E-state index in [9.17, 15) is 4.79 Å². The number of aliphatic hydroxyl groups excluding tert-OH is 1. The molecule has 1 amide bonds. The zero-order chi connectivity index (χ0) is 9.14. The number of amides is 1. The number of carbonyl (C=O) groups is 1. The van der Waals surface area contributed by atoms with Gasteiger partial charge in [-0.15, -0.1) is 0 Å². The van der Waals surface area contributed by atoms with Crippen LogP contribution in [0.15, 0.2) is 10.6 Å². The third-order valence-corrected chi connectivity index (χ3v) is 2.99. The van der Waals surface area contributed by atoms with Crippen LogP contribution in [0.4, 0.5) is 0 Å². The van der Waals surface area contributed by atoms with Crippen LogP contribution in [0.3, 0.4) is 0 Å². The number of aliphatic hydroxyl groups is 1. The molecule has 0 unspecified atom stereocenters. The maximum absolute atomic E-state index is 10.8. The molecule has 0 spiro atoms. The second-order valence-electron chi connectivity index (χ2n) is 2.54. The number of β-amino-alcohol motifs (C(OH)–C–C–N with tert-alkyl or cyclic N) is 1. The predicted molar refractivity (Wildman–Crippen MR) is 48.1 cm³/mol. The highest BCUT2D eigenvalue weighted by Crippen LogP contribution is 2.30. The fourth-order valence-electron chi connectivity index (χ4n) is 1.09. The van der Waals surface area contributed by atoms with Crippen LogP contribution < -0.4 is 5.73 Å². The molecule has 1 aliphatic rings. The molecule has 0 bridgehead atoms. The first-order chi connectivity index (χ1) is 5.66. The number of allylic oxidation sites excluding steroid dienone is 1. The fourth-order valence-corrected chi connectivity index (χ4v) is 2.18. The second-order valence-corrected chi connectivity index (χ2v) is 3.49. The van der Waals surface area contributed by atoms with Gasteiger partial charge in [0, 0.05) is 12.2 Å². The first-order valence-corrected chi connectivity index (χ1v) is 4.64. The van der Waals surface area contributed by atoms with Crippen LogP contribution in [0.5, 0.6) is 0 Å². The summed E-state index contributed by atoms with van der Waals surface area (Å²) in [6.07, 6.45) is 0. The summed E-state index contributed by atoms with van der Waals surface area (Å²) in [7, 11) is 0. The highest BCUT2D eigenvalue weighted by Gasteiger charge is 2.22. The molecule has 12 heavy (non-hydrogen) atoms. The molecule has 0 saturated carbocycles. The molecule has 68 valence electrons. The molecule has 0 atom stereocenters. The smallest absolute Gasteiger partial charge is 0.256 e. The summed E-state index contributed by atoms with van der Waals surface area (Å²) in [4.78, 5) is 13.4. The van der Waals surface area contributed by atoms with E-state index < -0.39 is 0 Å². The largest absolute Gasteiger partial charge is 0.395 e. The van der Waals surface area contributed by atoms with Gasteiger partial charge in [0.1, 0.15) is 0 Å². The van der Waals surface area contributed by atoms with Crippen LogP contribution >= 0.6 is 11.8 Å². The van der Waals surface area contributed by atoms with Gasteiger partial charge in [-0.2, -0.15) is 0 Å². The molecular weight excluding hydrogens is 176 g/mol. The van der Waals surface area contributed by atoms with Crippen molar-refractivity contribution in [2.45, 2.75) is 6.92 Å². The number of nitrogens with zero attached hydrogens (tertiary/aromatic N) is 1. The number of nitrogens with two attached hydrogens (primary N) is 1. The topological polar surface area (TPSA) is 66.6 Å². The molecule has 0 saturated heterocycles. The standard InChI is InChI=1S/C7H12N2O2S/c1-5-6(7(8)11)12-4-9(5)2-3-10/h10H,2-4H2,1H3,(H2,8,11). The van der Waals surface area contributed by atoms with E-state index in [0.717, 1.165) is 5.70 Å². The first kappa shape index (κ1) is 9.41. The van der Waals surface area contributed by atoms with Gasteiger partial charge in [-0.3, -0.25) is 4.79 Å². The van der Waals surface area contributed by atoms with Crippen LogP contribution in [-0.2, 0) is 4.79 Å². The summed E-state index contributed by atoms with van der Waals surface area (Å²) in [5.74, 6) is 0.336. The van der Waals surface area contributed by atoms with Crippen molar-refractivity contribution in [2.24, 2.45) is 5.73 Å². The van der Waals surface area contributed by atoms with E-state index in [0.29, 0.717) is 17.3 Å². The monoisotopic (exact) mass is 188 g/mol. The number of thioether (sulfide) groups is 1. The third kappa shape index (κ3) is 1.73. The van der Waals surface area contributed by atoms with Crippen molar-refractivity contribution in [3.63, 3.8) is 0 Å². The molecule has 0 radical (unpaired) electrons. The summed E-state index contributed by atoms with van der Waals surface area (Å²) < 4.78 is 0. The highest BCUT2D eigenvalue weighted by molar-refractivity contribution is 8.04. The minimum absolute atomic E-state index is 0.101. The lowest BCUT2D eigenvalue weighted by Crippen LogP contribution is -2.22. The van der Waals surface area contributed by atoms with Crippen molar-refractivity contribution in [1.82, 2.24) is 4.90 Å². The summed E-state index contributed by atoms with van der Waals surface area (Å²) in [5.41, 5.74) is 6.02. The van der Waals surface area contributed by atoms with Crippen molar-refractivity contribution >= 4 is 17.7 Å². The Kier molecular flexibility index (Phi) is 2.99. The zero-order valence-electron chi connectivity index (χ0n) is 6.91. The van der Waals surface area contributed by atoms with Crippen LogP contribution in [0, 0.1) is 0 Å². The molecule has 4 nitrogen and oxygen atoms in total. The van der Waals surface area contributed by atoms with Gasteiger partial charge in [-0.1, -0.05) is 11.8 Å². The summed E-state index contributed by atoms with van der Waals surface area (Å²) in [6.45, 7) is 2.51. The van der Waals surface area contributed by atoms with Gasteiger partial charge in [-0.25, -0.2) is 0 Å². The first-order valence-electron chi connectivity index (χ1n) is 3.66. The minimum atomic E-state index is -0.377. The Morgan fingerprint density at radius 1 is 1.83 bits per heavy atom. The summed E-state index contributed by atoms with van der Waals surface area (Å²) in [5, 5.41) is 8.68. The van der Waals surface area contributed by atoms with E-state index in [-0.39, 0.29) is 12.5 Å². The van der Waals surface area contributed by atoms with E-state index in [1.165, 1.54) is 11.8 Å². The van der Waals surface area contributed by atoms with E-state index >= 15 is 0 Å². The van der Waals surface area contributed by atoms with Gasteiger partial charge in [0.15, 0.2) is 0 Å². The molecule has 3 N–H and O–H groups in total. The van der Waals surface area contributed by atoms with Crippen molar-refractivity contribution in [3.8, 4) is 0 Å². The lowest BCUT2D eigenvalue weighted by Gasteiger charge is -2.16. The van der Waals surface area contributed by atoms with Crippen molar-refractivity contribution in [3.05, 3.63) is 10.6 Å². The fraction of sp³-hybridized carbons (Fsp3) is 0.571. The van der Waals surface area contributed by atoms with Crippen LogP contribution in [-0.4, -0.2) is 34.9 Å². The van der Waals surface area contributed by atoms with Gasteiger partial charge in [-0.05, 0) is 6.92 Å². The van der Waals surface area contributed by atoms with E-state index in [1.54, 1.807) is 0 Å². The number of rotatable bonds is 3. The van der Waals surface area contributed by atoms with Crippen LogP contribution in [0.1, 0.15) is 6.92 Å². The lowest BCUT2D eigenvalue weighted by molar-refractivity contribution is -0.114. The molecule has 1 heterocycles. The Balaban J connectivity index is 2.69.